The second-order valence-corrected chi connectivity index (χ2v) is 12.3. The molecule has 1 N–H and O–H groups in total. The Bertz CT molecular complexity index is 1140. The number of aliphatic hydroxyl groups excluding tert-OH is 1. The summed E-state index contributed by atoms with van der Waals surface area (Å²) >= 11 is 0. The highest BCUT2D eigenvalue weighted by atomic mass is 16.5. The van der Waals surface area contributed by atoms with Crippen molar-refractivity contribution >= 4 is 23.4 Å². The van der Waals surface area contributed by atoms with Gasteiger partial charge < -0.3 is 24.5 Å². The molecule has 3 aliphatic heterocycles. The Labute approximate surface area is 245 Å². The summed E-state index contributed by atoms with van der Waals surface area (Å²) in [4.78, 5) is 48.5. The van der Waals surface area contributed by atoms with Crippen LogP contribution in [0.4, 0.5) is 5.69 Å². The van der Waals surface area contributed by atoms with E-state index in [-0.39, 0.29) is 36.8 Å². The minimum atomic E-state index is -1.15. The molecular formula is C33H47N3O5. The largest absolute Gasteiger partial charge is 0.394 e. The van der Waals surface area contributed by atoms with Crippen molar-refractivity contribution in [3.63, 3.8) is 0 Å². The van der Waals surface area contributed by atoms with Crippen LogP contribution in [-0.4, -0.2) is 82.2 Å². The number of fused-ring (bicyclic) bond motifs is 1. The van der Waals surface area contributed by atoms with Gasteiger partial charge in [0.25, 0.3) is 0 Å². The zero-order chi connectivity index (χ0) is 29.9. The van der Waals surface area contributed by atoms with E-state index in [4.69, 9.17) is 4.74 Å². The minimum absolute atomic E-state index is 0.106. The first-order valence-corrected chi connectivity index (χ1v) is 15.1. The number of para-hydroxylation sites is 1. The number of aliphatic hydroxyl groups is 1. The Morgan fingerprint density at radius 1 is 1.12 bits per heavy atom. The van der Waals surface area contributed by atoms with Crippen molar-refractivity contribution in [3.8, 4) is 0 Å². The van der Waals surface area contributed by atoms with Gasteiger partial charge in [-0.25, -0.2) is 0 Å². The molecular weight excluding hydrogens is 518 g/mol. The quantitative estimate of drug-likeness (QED) is 0.270. The van der Waals surface area contributed by atoms with Crippen molar-refractivity contribution in [2.75, 3.05) is 31.1 Å². The summed E-state index contributed by atoms with van der Waals surface area (Å²) < 4.78 is 6.84. The lowest BCUT2D eigenvalue weighted by Crippen LogP contribution is -2.59. The van der Waals surface area contributed by atoms with Gasteiger partial charge in [0, 0.05) is 25.3 Å². The second kappa shape index (κ2) is 12.5. The molecule has 0 aliphatic carbocycles. The van der Waals surface area contributed by atoms with Gasteiger partial charge in [-0.15, -0.1) is 13.2 Å². The zero-order valence-electron chi connectivity index (χ0n) is 25.1. The number of hydrogen-bond acceptors (Lipinski definition) is 5. The molecule has 2 unspecified atom stereocenters. The van der Waals surface area contributed by atoms with Gasteiger partial charge in [-0.1, -0.05) is 64.0 Å². The van der Waals surface area contributed by atoms with Crippen LogP contribution in [0.25, 0.3) is 0 Å². The zero-order valence-corrected chi connectivity index (χ0v) is 25.1. The van der Waals surface area contributed by atoms with Crippen molar-refractivity contribution in [2.24, 2.45) is 17.8 Å². The number of amides is 3. The number of carbonyl (C=O) groups is 3. The van der Waals surface area contributed by atoms with E-state index >= 15 is 0 Å². The first kappa shape index (κ1) is 31.0. The third kappa shape index (κ3) is 5.25. The molecule has 1 aromatic rings. The molecule has 0 aromatic heterocycles. The molecule has 1 spiro atoms. The van der Waals surface area contributed by atoms with E-state index in [1.165, 1.54) is 0 Å². The van der Waals surface area contributed by atoms with Gasteiger partial charge in [-0.05, 0) is 44.2 Å². The Balaban J connectivity index is 1.81. The van der Waals surface area contributed by atoms with Gasteiger partial charge in [0.1, 0.15) is 11.6 Å². The van der Waals surface area contributed by atoms with Crippen LogP contribution in [0.15, 0.2) is 55.6 Å². The predicted octanol–water partition coefficient (Wildman–Crippen LogP) is 4.19. The van der Waals surface area contributed by atoms with Crippen molar-refractivity contribution < 1.29 is 24.2 Å². The molecule has 224 valence electrons. The van der Waals surface area contributed by atoms with Crippen LogP contribution in [0.1, 0.15) is 59.8 Å². The van der Waals surface area contributed by atoms with Gasteiger partial charge in [0.2, 0.25) is 17.7 Å². The third-order valence-corrected chi connectivity index (χ3v) is 9.37. The number of rotatable bonds is 14. The summed E-state index contributed by atoms with van der Waals surface area (Å²) in [5, 5.41) is 10.5. The van der Waals surface area contributed by atoms with E-state index in [0.29, 0.717) is 25.9 Å². The second-order valence-electron chi connectivity index (χ2n) is 12.3. The number of benzene rings is 1. The molecule has 2 bridgehead atoms. The Hall–Kier alpha value is -2.97. The summed E-state index contributed by atoms with van der Waals surface area (Å²) in [6, 6.07) is 7.86. The Morgan fingerprint density at radius 3 is 2.39 bits per heavy atom. The lowest BCUT2D eigenvalue weighted by atomic mass is 9.66. The highest BCUT2D eigenvalue weighted by Gasteiger charge is 2.79. The van der Waals surface area contributed by atoms with Gasteiger partial charge in [-0.2, -0.15) is 0 Å². The van der Waals surface area contributed by atoms with E-state index in [9.17, 15) is 19.5 Å². The fraction of sp³-hybridized carbons (Fsp3) is 0.606. The molecule has 3 aliphatic rings. The SMILES string of the molecule is C=CCN(CCCCC)C(=O)C1N([C@@H](CO)C(C)C)C(=O)[C@@H]2[C@H](C(=O)N(CC=C)c3ccccc3)[C@]3(C)CCC12O3. The van der Waals surface area contributed by atoms with Crippen molar-refractivity contribution in [1.29, 1.82) is 0 Å². The number of hydrogen-bond donors (Lipinski definition) is 1. The van der Waals surface area contributed by atoms with Crippen LogP contribution in [-0.2, 0) is 19.1 Å². The highest BCUT2D eigenvalue weighted by Crippen LogP contribution is 2.64. The molecule has 3 fully saturated rings. The number of nitrogens with zero attached hydrogens (tertiary/aromatic N) is 3. The van der Waals surface area contributed by atoms with Crippen molar-refractivity contribution in [1.82, 2.24) is 9.80 Å². The maximum absolute atomic E-state index is 14.6. The minimum Gasteiger partial charge on any atom is -0.394 e. The fourth-order valence-corrected chi connectivity index (χ4v) is 7.40. The molecule has 8 nitrogen and oxygen atoms in total. The highest BCUT2D eigenvalue weighted by molar-refractivity contribution is 6.03. The topological polar surface area (TPSA) is 90.4 Å². The average molecular weight is 566 g/mol. The van der Waals surface area contributed by atoms with Crippen LogP contribution >= 0.6 is 0 Å². The maximum Gasteiger partial charge on any atom is 0.248 e. The van der Waals surface area contributed by atoms with E-state index in [0.717, 1.165) is 24.9 Å². The van der Waals surface area contributed by atoms with Crippen LogP contribution in [0.3, 0.4) is 0 Å². The molecule has 4 rings (SSSR count). The molecule has 0 radical (unpaired) electrons. The number of carbonyl (C=O) groups excluding carboxylic acids is 3. The summed E-state index contributed by atoms with van der Waals surface area (Å²) in [6.45, 7) is 16.5. The lowest BCUT2D eigenvalue weighted by Gasteiger charge is -2.40. The molecule has 41 heavy (non-hydrogen) atoms. The molecule has 6 atom stereocenters. The molecule has 8 heteroatoms. The van der Waals surface area contributed by atoms with Crippen molar-refractivity contribution in [3.05, 3.63) is 55.6 Å². The van der Waals surface area contributed by atoms with Crippen LogP contribution in [0.5, 0.6) is 0 Å². The van der Waals surface area contributed by atoms with E-state index < -0.39 is 35.1 Å². The normalized spacial score (nSPS) is 29.0. The molecule has 1 aromatic carbocycles. The molecule has 3 amide bonds. The van der Waals surface area contributed by atoms with Gasteiger partial charge in [0.15, 0.2) is 0 Å². The fourth-order valence-electron chi connectivity index (χ4n) is 7.40. The monoisotopic (exact) mass is 565 g/mol. The number of ether oxygens (including phenoxy) is 1. The van der Waals surface area contributed by atoms with E-state index in [2.05, 4.69) is 20.1 Å². The van der Waals surface area contributed by atoms with Gasteiger partial charge in [-0.3, -0.25) is 14.4 Å². The van der Waals surface area contributed by atoms with Crippen LogP contribution < -0.4 is 4.90 Å². The van der Waals surface area contributed by atoms with Gasteiger partial charge in [0.05, 0.1) is 30.1 Å². The van der Waals surface area contributed by atoms with Crippen LogP contribution in [0, 0.1) is 17.8 Å². The number of likely N-dealkylation sites (tertiary alicyclic amines) is 1. The van der Waals surface area contributed by atoms with E-state index in [1.807, 2.05) is 51.1 Å². The third-order valence-electron chi connectivity index (χ3n) is 9.37. The van der Waals surface area contributed by atoms with Crippen LogP contribution in [0.2, 0.25) is 0 Å². The molecule has 3 heterocycles. The van der Waals surface area contributed by atoms with Gasteiger partial charge >= 0.3 is 0 Å². The predicted molar refractivity (Wildman–Crippen MR) is 160 cm³/mol. The lowest BCUT2D eigenvalue weighted by molar-refractivity contribution is -0.155. The first-order chi connectivity index (χ1) is 19.6. The summed E-state index contributed by atoms with van der Waals surface area (Å²) in [7, 11) is 0. The first-order valence-electron chi connectivity index (χ1n) is 15.1. The smallest absolute Gasteiger partial charge is 0.248 e. The van der Waals surface area contributed by atoms with E-state index in [1.54, 1.807) is 26.9 Å². The summed E-state index contributed by atoms with van der Waals surface area (Å²) in [5.74, 6) is -2.39. The maximum atomic E-state index is 14.6. The Kier molecular flexibility index (Phi) is 9.44. The number of unbranched alkanes of at least 4 members (excludes halogenated alkanes) is 2. The summed E-state index contributed by atoms with van der Waals surface area (Å²) in [5.41, 5.74) is -1.32. The average Bonchev–Trinajstić information content (AvgIpc) is 3.52. The van der Waals surface area contributed by atoms with Crippen molar-refractivity contribution in [2.45, 2.75) is 83.1 Å². The molecule has 0 saturated carbocycles. The standard InChI is InChI=1S/C33H47N3O5/c1-7-10-14-21-34(19-8-2)31(40)28-33-18-17-32(6,41-33)26(27(33)30(39)36(28)25(22-37)23(4)5)29(38)35(20-9-3)24-15-12-11-13-16-24/h8-9,11-13,15-16,23,25-28,37H,2-3,7,10,14,17-22H2,1,4-6H3/t25-,26+,27-,28?,32-,33?/m0/s1. The summed E-state index contributed by atoms with van der Waals surface area (Å²) in [6.07, 6.45) is 7.28. The number of anilines is 1. The molecule has 3 saturated heterocycles. The Morgan fingerprint density at radius 2 is 1.80 bits per heavy atom.